The van der Waals surface area contributed by atoms with E-state index in [1.165, 1.54) is 11.3 Å². The number of unbranched alkanes of at least 4 members (excludes halogenated alkanes) is 2. The molecule has 1 aliphatic carbocycles. The van der Waals surface area contributed by atoms with Gasteiger partial charge in [-0.25, -0.2) is 4.98 Å². The van der Waals surface area contributed by atoms with Crippen molar-refractivity contribution in [3.63, 3.8) is 0 Å². The van der Waals surface area contributed by atoms with E-state index >= 15 is 0 Å². The van der Waals surface area contributed by atoms with Gasteiger partial charge < -0.3 is 10.1 Å². The molecule has 3 rings (SSSR count). The number of para-hydroxylation sites is 1. The maximum Gasteiger partial charge on any atom is 0.252 e. The number of amides is 1. The average molecular weight is 403 g/mol. The summed E-state index contributed by atoms with van der Waals surface area (Å²) in [5, 5.41) is 3.50. The molecule has 1 fully saturated rings. The second-order valence-corrected chi connectivity index (χ2v) is 8.66. The van der Waals surface area contributed by atoms with Crippen molar-refractivity contribution in [1.29, 1.82) is 0 Å². The smallest absolute Gasteiger partial charge is 0.252 e. The molecule has 1 unspecified atom stereocenters. The fourth-order valence-corrected chi connectivity index (χ4v) is 4.89. The van der Waals surface area contributed by atoms with Gasteiger partial charge in [0, 0.05) is 7.11 Å². The summed E-state index contributed by atoms with van der Waals surface area (Å²) in [7, 11) is 1.60. The number of hydrogen-bond donors (Lipinski definition) is 1. The second kappa shape index (κ2) is 9.61. The lowest BCUT2D eigenvalue weighted by molar-refractivity contribution is -0.148. The predicted molar refractivity (Wildman–Crippen MR) is 113 cm³/mol. The Balaban J connectivity index is 1.79. The van der Waals surface area contributed by atoms with Crippen LogP contribution < -0.4 is 5.32 Å². The van der Waals surface area contributed by atoms with Crippen molar-refractivity contribution in [2.45, 2.75) is 76.4 Å². The molecule has 6 heteroatoms. The Morgan fingerprint density at radius 1 is 1.21 bits per heavy atom. The number of carbonyl (C=O) groups excluding carboxylic acids is 2. The average Bonchev–Trinajstić information content (AvgIpc) is 3.17. The number of hydrogen-bond acceptors (Lipinski definition) is 5. The monoisotopic (exact) mass is 402 g/mol. The molecule has 1 atom stereocenters. The van der Waals surface area contributed by atoms with Gasteiger partial charge in [0.15, 0.2) is 5.01 Å². The zero-order chi connectivity index (χ0) is 20.0. The molecule has 1 aromatic carbocycles. The van der Waals surface area contributed by atoms with E-state index in [-0.39, 0.29) is 11.7 Å². The molecule has 0 bridgehead atoms. The van der Waals surface area contributed by atoms with Gasteiger partial charge in [0.05, 0.1) is 16.3 Å². The molecule has 28 heavy (non-hydrogen) atoms. The van der Waals surface area contributed by atoms with Gasteiger partial charge in [0.25, 0.3) is 5.91 Å². The van der Waals surface area contributed by atoms with Crippen molar-refractivity contribution in [2.75, 3.05) is 7.11 Å². The molecule has 5 nitrogen and oxygen atoms in total. The van der Waals surface area contributed by atoms with Crippen LogP contribution in [0.3, 0.4) is 0 Å². The summed E-state index contributed by atoms with van der Waals surface area (Å²) >= 11 is 1.40. The van der Waals surface area contributed by atoms with Crippen LogP contribution >= 0.6 is 11.3 Å². The highest BCUT2D eigenvalue weighted by Crippen LogP contribution is 2.32. The number of benzene rings is 1. The lowest BCUT2D eigenvalue weighted by atomic mass is 9.83. The van der Waals surface area contributed by atoms with Crippen molar-refractivity contribution >= 4 is 33.2 Å². The molecule has 0 radical (unpaired) electrons. The second-order valence-electron chi connectivity index (χ2n) is 7.63. The predicted octanol–water partition coefficient (Wildman–Crippen LogP) is 4.89. The first-order valence-corrected chi connectivity index (χ1v) is 11.2. The standard InChI is InChI=1S/C22H30N2O3S/c1-3-4-6-12-17(24-21(26)22(27-2)14-9-5-10-15-22)19(25)20-23-16-11-7-8-13-18(16)28-20/h7-8,11,13,17H,3-6,9-10,12,14-15H2,1-2H3,(H,24,26). The molecule has 1 saturated carbocycles. The first kappa shape index (κ1) is 20.9. The Labute approximate surface area is 170 Å². The minimum atomic E-state index is -0.797. The summed E-state index contributed by atoms with van der Waals surface area (Å²) in [5.41, 5.74) is 0.0323. The number of nitrogens with zero attached hydrogens (tertiary/aromatic N) is 1. The highest BCUT2D eigenvalue weighted by Gasteiger charge is 2.41. The van der Waals surface area contributed by atoms with Gasteiger partial charge in [-0.1, -0.05) is 57.6 Å². The molecule has 1 N–H and O–H groups in total. The van der Waals surface area contributed by atoms with Gasteiger partial charge in [0.1, 0.15) is 5.60 Å². The van der Waals surface area contributed by atoms with Crippen LogP contribution in [0.15, 0.2) is 24.3 Å². The number of nitrogens with one attached hydrogen (secondary N) is 1. The number of thiazole rings is 1. The van der Waals surface area contributed by atoms with E-state index in [4.69, 9.17) is 4.74 Å². The number of Topliss-reactive ketones (excluding diaryl/α,β-unsaturated/α-hetero) is 1. The van der Waals surface area contributed by atoms with E-state index < -0.39 is 11.6 Å². The van der Waals surface area contributed by atoms with Crippen molar-refractivity contribution in [3.05, 3.63) is 29.3 Å². The topological polar surface area (TPSA) is 68.3 Å². The van der Waals surface area contributed by atoms with Crippen molar-refractivity contribution in [3.8, 4) is 0 Å². The first-order chi connectivity index (χ1) is 13.6. The third-order valence-electron chi connectivity index (χ3n) is 5.69. The summed E-state index contributed by atoms with van der Waals surface area (Å²) in [6, 6.07) is 7.20. The van der Waals surface area contributed by atoms with Crippen LogP contribution in [0.25, 0.3) is 10.2 Å². The SMILES string of the molecule is CCCCCC(NC(=O)C1(OC)CCCCC1)C(=O)c1nc2ccccc2s1. The van der Waals surface area contributed by atoms with E-state index in [1.807, 2.05) is 24.3 Å². The van der Waals surface area contributed by atoms with Gasteiger partial charge in [-0.15, -0.1) is 11.3 Å². The van der Waals surface area contributed by atoms with Crippen LogP contribution in [0.4, 0.5) is 0 Å². The largest absolute Gasteiger partial charge is 0.368 e. The molecular weight excluding hydrogens is 372 g/mol. The number of methoxy groups -OCH3 is 1. The lowest BCUT2D eigenvalue weighted by Crippen LogP contribution is -2.54. The molecule has 152 valence electrons. The van der Waals surface area contributed by atoms with Crippen LogP contribution in [0.5, 0.6) is 0 Å². The van der Waals surface area contributed by atoms with Crippen LogP contribution in [0.1, 0.15) is 74.5 Å². The molecule has 0 aliphatic heterocycles. The van der Waals surface area contributed by atoms with Crippen LogP contribution in [0.2, 0.25) is 0 Å². The van der Waals surface area contributed by atoms with Crippen LogP contribution in [0, 0.1) is 0 Å². The van der Waals surface area contributed by atoms with Crippen molar-refractivity contribution < 1.29 is 14.3 Å². The van der Waals surface area contributed by atoms with Gasteiger partial charge in [-0.2, -0.15) is 0 Å². The zero-order valence-corrected chi connectivity index (χ0v) is 17.6. The van der Waals surface area contributed by atoms with Crippen molar-refractivity contribution in [2.24, 2.45) is 0 Å². The summed E-state index contributed by atoms with van der Waals surface area (Å²) in [6.45, 7) is 2.13. The first-order valence-electron chi connectivity index (χ1n) is 10.4. The number of ether oxygens (including phenoxy) is 1. The van der Waals surface area contributed by atoms with E-state index in [9.17, 15) is 9.59 Å². The number of ketones is 1. The Morgan fingerprint density at radius 2 is 1.96 bits per heavy atom. The van der Waals surface area contributed by atoms with E-state index in [1.54, 1.807) is 7.11 Å². The molecular formula is C22H30N2O3S. The molecule has 1 aromatic heterocycles. The molecule has 0 spiro atoms. The zero-order valence-electron chi connectivity index (χ0n) is 16.8. The number of carbonyl (C=O) groups is 2. The normalized spacial score (nSPS) is 17.4. The Bertz CT molecular complexity index is 778. The Morgan fingerprint density at radius 3 is 2.64 bits per heavy atom. The van der Waals surface area contributed by atoms with Gasteiger partial charge in [-0.05, 0) is 31.4 Å². The number of rotatable bonds is 9. The summed E-state index contributed by atoms with van der Waals surface area (Å²) < 4.78 is 6.66. The highest BCUT2D eigenvalue weighted by atomic mass is 32.1. The van der Waals surface area contributed by atoms with Crippen LogP contribution in [-0.2, 0) is 9.53 Å². The van der Waals surface area contributed by atoms with Gasteiger partial charge in [0.2, 0.25) is 5.78 Å². The fraction of sp³-hybridized carbons (Fsp3) is 0.591. The van der Waals surface area contributed by atoms with Gasteiger partial charge in [-0.3, -0.25) is 9.59 Å². The quantitative estimate of drug-likeness (QED) is 0.479. The minimum absolute atomic E-state index is 0.0901. The Kier molecular flexibility index (Phi) is 7.18. The third-order valence-corrected chi connectivity index (χ3v) is 6.74. The maximum atomic E-state index is 13.2. The van der Waals surface area contributed by atoms with E-state index in [2.05, 4.69) is 17.2 Å². The minimum Gasteiger partial charge on any atom is -0.368 e. The molecule has 0 saturated heterocycles. The Hall–Kier alpha value is -1.79. The lowest BCUT2D eigenvalue weighted by Gasteiger charge is -2.35. The van der Waals surface area contributed by atoms with E-state index in [0.29, 0.717) is 24.3 Å². The third kappa shape index (κ3) is 4.61. The summed E-state index contributed by atoms with van der Waals surface area (Å²) in [4.78, 5) is 30.8. The van der Waals surface area contributed by atoms with Crippen molar-refractivity contribution in [1.82, 2.24) is 10.3 Å². The maximum absolute atomic E-state index is 13.2. The number of fused-ring (bicyclic) bond motifs is 1. The molecule has 1 amide bonds. The summed E-state index contributed by atoms with van der Waals surface area (Å²) in [6.07, 6.45) is 8.15. The molecule has 2 aromatic rings. The van der Waals surface area contributed by atoms with Gasteiger partial charge >= 0.3 is 0 Å². The van der Waals surface area contributed by atoms with Crippen LogP contribution in [-0.4, -0.2) is 35.4 Å². The fourth-order valence-electron chi connectivity index (χ4n) is 3.93. The molecule has 1 heterocycles. The number of aromatic nitrogens is 1. The molecule has 1 aliphatic rings. The van der Waals surface area contributed by atoms with E-state index in [0.717, 1.165) is 48.7 Å². The summed E-state index contributed by atoms with van der Waals surface area (Å²) in [5.74, 6) is -0.238. The highest BCUT2D eigenvalue weighted by molar-refractivity contribution is 7.20.